The van der Waals surface area contributed by atoms with Gasteiger partial charge in [-0.2, -0.15) is 0 Å². The molecule has 4 aromatic carbocycles. The molecular formula is C32H30N2O8S2. The zero-order valence-electron chi connectivity index (χ0n) is 23.4. The third-order valence-corrected chi connectivity index (χ3v) is 9.22. The summed E-state index contributed by atoms with van der Waals surface area (Å²) in [5.41, 5.74) is 1.13. The minimum absolute atomic E-state index is 0.0507. The highest BCUT2D eigenvalue weighted by Gasteiger charge is 2.24. The van der Waals surface area contributed by atoms with E-state index in [9.17, 15) is 26.4 Å². The van der Waals surface area contributed by atoms with Crippen molar-refractivity contribution in [1.82, 2.24) is 9.44 Å². The molecule has 0 aliphatic carbocycles. The highest BCUT2D eigenvalue weighted by Crippen LogP contribution is 2.19. The van der Waals surface area contributed by atoms with Crippen LogP contribution in [0.4, 0.5) is 0 Å². The zero-order valence-corrected chi connectivity index (χ0v) is 25.0. The highest BCUT2D eigenvalue weighted by molar-refractivity contribution is 7.89. The molecule has 0 heterocycles. The van der Waals surface area contributed by atoms with Gasteiger partial charge < -0.3 is 9.47 Å². The molecule has 0 fully saturated rings. The lowest BCUT2D eigenvalue weighted by atomic mass is 10.1. The third-order valence-electron chi connectivity index (χ3n) is 6.25. The summed E-state index contributed by atoms with van der Waals surface area (Å²) in [5, 5.41) is 0. The highest BCUT2D eigenvalue weighted by atomic mass is 32.2. The standard InChI is InChI=1S/C32H30N2O8S2/c35-31(41-23-29(25-13-5-1-6-14-25)33-43(37,38)27-17-9-3-10-18-27)21-22-32(36)42-24-30(26-15-7-2-8-16-26)34-44(39,40)28-19-11-4-12-20-28/h1-22,29-30,33-34H,23-24H2/b22-21+/t29-,30-/m1/s1. The van der Waals surface area contributed by atoms with E-state index < -0.39 is 44.1 Å². The van der Waals surface area contributed by atoms with Crippen LogP contribution in [0.1, 0.15) is 23.2 Å². The topological polar surface area (TPSA) is 145 Å². The molecule has 0 unspecified atom stereocenters. The van der Waals surface area contributed by atoms with Crippen molar-refractivity contribution in [3.63, 3.8) is 0 Å². The Balaban J connectivity index is 1.37. The maximum absolute atomic E-state index is 12.9. The van der Waals surface area contributed by atoms with E-state index in [-0.39, 0.29) is 23.0 Å². The Labute approximate surface area is 256 Å². The molecule has 44 heavy (non-hydrogen) atoms. The summed E-state index contributed by atoms with van der Waals surface area (Å²) in [5.74, 6) is -1.82. The van der Waals surface area contributed by atoms with Crippen LogP contribution < -0.4 is 9.44 Å². The Bertz CT molecular complexity index is 1630. The molecule has 10 nitrogen and oxygen atoms in total. The van der Waals surface area contributed by atoms with Gasteiger partial charge >= 0.3 is 11.9 Å². The maximum Gasteiger partial charge on any atom is 0.331 e. The predicted molar refractivity (Wildman–Crippen MR) is 163 cm³/mol. The zero-order chi connectivity index (χ0) is 31.4. The summed E-state index contributed by atoms with van der Waals surface area (Å²) in [6, 6.07) is 30.9. The van der Waals surface area contributed by atoms with Crippen LogP contribution in [0.3, 0.4) is 0 Å². The fourth-order valence-electron chi connectivity index (χ4n) is 4.04. The molecule has 0 aromatic heterocycles. The average molecular weight is 635 g/mol. The first-order valence-electron chi connectivity index (χ1n) is 13.4. The van der Waals surface area contributed by atoms with E-state index in [1.54, 1.807) is 97.1 Å². The van der Waals surface area contributed by atoms with Crippen LogP contribution in [0.15, 0.2) is 143 Å². The van der Waals surface area contributed by atoms with Crippen LogP contribution in [-0.2, 0) is 39.1 Å². The molecule has 0 saturated heterocycles. The van der Waals surface area contributed by atoms with Gasteiger partial charge in [-0.1, -0.05) is 97.1 Å². The Kier molecular flexibility index (Phi) is 11.2. The fraction of sp³-hybridized carbons (Fsp3) is 0.125. The number of carbonyl (C=O) groups excluding carboxylic acids is 2. The number of carbonyl (C=O) groups is 2. The van der Waals surface area contributed by atoms with Gasteiger partial charge in [-0.05, 0) is 35.4 Å². The molecule has 2 N–H and O–H groups in total. The Hall–Kier alpha value is -4.62. The molecule has 2 atom stereocenters. The minimum atomic E-state index is -3.93. The number of sulfonamides is 2. The Morgan fingerprint density at radius 1 is 0.523 bits per heavy atom. The van der Waals surface area contributed by atoms with Crippen molar-refractivity contribution >= 4 is 32.0 Å². The maximum atomic E-state index is 12.9. The van der Waals surface area contributed by atoms with E-state index in [4.69, 9.17) is 9.47 Å². The fourth-order valence-corrected chi connectivity index (χ4v) is 6.50. The minimum Gasteiger partial charge on any atom is -0.460 e. The Morgan fingerprint density at radius 2 is 0.818 bits per heavy atom. The van der Waals surface area contributed by atoms with Crippen molar-refractivity contribution in [2.24, 2.45) is 0 Å². The predicted octanol–water partition coefficient (Wildman–Crippen LogP) is 4.07. The summed E-state index contributed by atoms with van der Waals surface area (Å²) in [6.45, 7) is -0.711. The summed E-state index contributed by atoms with van der Waals surface area (Å²) >= 11 is 0. The number of hydrogen-bond donors (Lipinski definition) is 2. The lowest BCUT2D eigenvalue weighted by molar-refractivity contribution is -0.141. The van der Waals surface area contributed by atoms with Crippen molar-refractivity contribution < 1.29 is 35.9 Å². The number of rotatable bonds is 14. The largest absolute Gasteiger partial charge is 0.460 e. The van der Waals surface area contributed by atoms with Gasteiger partial charge in [-0.3, -0.25) is 0 Å². The molecule has 0 spiro atoms. The van der Waals surface area contributed by atoms with Crippen molar-refractivity contribution in [2.75, 3.05) is 13.2 Å². The van der Waals surface area contributed by atoms with E-state index >= 15 is 0 Å². The van der Waals surface area contributed by atoms with E-state index in [0.717, 1.165) is 12.2 Å². The first-order chi connectivity index (χ1) is 21.1. The average Bonchev–Trinajstić information content (AvgIpc) is 3.05. The molecule has 0 radical (unpaired) electrons. The lowest BCUT2D eigenvalue weighted by Crippen LogP contribution is -2.32. The lowest BCUT2D eigenvalue weighted by Gasteiger charge is -2.19. The smallest absolute Gasteiger partial charge is 0.331 e. The van der Waals surface area contributed by atoms with Crippen molar-refractivity contribution in [2.45, 2.75) is 21.9 Å². The first-order valence-corrected chi connectivity index (χ1v) is 16.4. The molecule has 0 bridgehead atoms. The van der Waals surface area contributed by atoms with E-state index in [1.807, 2.05) is 0 Å². The second-order valence-corrected chi connectivity index (χ2v) is 12.8. The van der Waals surface area contributed by atoms with Gasteiger partial charge in [0.1, 0.15) is 13.2 Å². The number of ether oxygens (including phenoxy) is 2. The van der Waals surface area contributed by atoms with Crippen LogP contribution in [0.25, 0.3) is 0 Å². The molecule has 0 saturated carbocycles. The summed E-state index contributed by atoms with van der Waals surface area (Å²) in [7, 11) is -7.87. The molecule has 0 aliphatic rings. The summed E-state index contributed by atoms with van der Waals surface area (Å²) in [6.07, 6.45) is 1.70. The van der Waals surface area contributed by atoms with Crippen LogP contribution in [-0.4, -0.2) is 42.0 Å². The SMILES string of the molecule is O=C(/C=C/C(=O)OC[C@@H](NS(=O)(=O)c1ccccc1)c1ccccc1)OC[C@@H](NS(=O)(=O)c1ccccc1)c1ccccc1. The number of benzene rings is 4. The van der Waals surface area contributed by atoms with Gasteiger partial charge in [-0.25, -0.2) is 35.9 Å². The Morgan fingerprint density at radius 3 is 1.14 bits per heavy atom. The molecule has 4 rings (SSSR count). The molecule has 4 aromatic rings. The second kappa shape index (κ2) is 15.2. The van der Waals surface area contributed by atoms with Crippen LogP contribution in [0, 0.1) is 0 Å². The van der Waals surface area contributed by atoms with Gasteiger partial charge in [-0.15, -0.1) is 0 Å². The van der Waals surface area contributed by atoms with E-state index in [2.05, 4.69) is 9.44 Å². The summed E-state index contributed by atoms with van der Waals surface area (Å²) < 4.78 is 67.2. The van der Waals surface area contributed by atoms with Gasteiger partial charge in [0, 0.05) is 12.2 Å². The van der Waals surface area contributed by atoms with Crippen LogP contribution >= 0.6 is 0 Å². The summed E-state index contributed by atoms with van der Waals surface area (Å²) in [4.78, 5) is 25.0. The van der Waals surface area contributed by atoms with E-state index in [1.165, 1.54) is 24.3 Å². The molecule has 228 valence electrons. The molecule has 0 aliphatic heterocycles. The van der Waals surface area contributed by atoms with E-state index in [0.29, 0.717) is 11.1 Å². The van der Waals surface area contributed by atoms with Gasteiger partial charge in [0.25, 0.3) is 0 Å². The molecular weight excluding hydrogens is 604 g/mol. The van der Waals surface area contributed by atoms with Crippen molar-refractivity contribution in [3.8, 4) is 0 Å². The van der Waals surface area contributed by atoms with Gasteiger partial charge in [0.2, 0.25) is 20.0 Å². The van der Waals surface area contributed by atoms with Crippen molar-refractivity contribution in [1.29, 1.82) is 0 Å². The number of nitrogens with one attached hydrogen (secondary N) is 2. The van der Waals surface area contributed by atoms with Crippen molar-refractivity contribution in [3.05, 3.63) is 145 Å². The van der Waals surface area contributed by atoms with Crippen LogP contribution in [0.5, 0.6) is 0 Å². The molecule has 0 amide bonds. The first kappa shape index (κ1) is 32.3. The number of hydrogen-bond acceptors (Lipinski definition) is 8. The second-order valence-electron chi connectivity index (χ2n) is 9.39. The quantitative estimate of drug-likeness (QED) is 0.156. The van der Waals surface area contributed by atoms with Gasteiger partial charge in [0.15, 0.2) is 0 Å². The number of esters is 2. The monoisotopic (exact) mass is 634 g/mol. The van der Waals surface area contributed by atoms with Crippen LogP contribution in [0.2, 0.25) is 0 Å². The normalized spacial score (nSPS) is 13.2. The van der Waals surface area contributed by atoms with Gasteiger partial charge in [0.05, 0.1) is 21.9 Å². The third kappa shape index (κ3) is 9.44. The molecule has 12 heteroatoms.